The number of aromatic nitrogens is 2. The van der Waals surface area contributed by atoms with E-state index in [2.05, 4.69) is 15.9 Å². The van der Waals surface area contributed by atoms with Gasteiger partial charge in [0.1, 0.15) is 41.6 Å². The van der Waals surface area contributed by atoms with E-state index in [1.165, 1.54) is 12.1 Å². The van der Waals surface area contributed by atoms with Gasteiger partial charge < -0.3 is 20.1 Å². The Morgan fingerprint density at radius 3 is 2.73 bits per heavy atom. The molecule has 2 N–H and O–H groups in total. The first-order valence-corrected chi connectivity index (χ1v) is 17.5. The second kappa shape index (κ2) is 10.9. The number of benzene rings is 2. The summed E-state index contributed by atoms with van der Waals surface area (Å²) in [4.78, 5) is 14.1. The minimum absolute atomic E-state index is 0.0104. The van der Waals surface area contributed by atoms with E-state index in [0.717, 1.165) is 64.3 Å². The van der Waals surface area contributed by atoms with Crippen LogP contribution < -0.4 is 20.1 Å². The minimum atomic E-state index is -0.923. The molecule has 12 heteroatoms. The summed E-state index contributed by atoms with van der Waals surface area (Å²) in [5, 5.41) is 10.4. The third-order valence-electron chi connectivity index (χ3n) is 11.9. The predicted octanol–water partition coefficient (Wildman–Crippen LogP) is 7.00. The number of rotatable bonds is 4. The van der Waals surface area contributed by atoms with Gasteiger partial charge in [-0.1, -0.05) is 17.7 Å². The predicted molar refractivity (Wildman–Crippen MR) is 176 cm³/mol. The Kier molecular flexibility index (Phi) is 6.87. The van der Waals surface area contributed by atoms with E-state index in [0.29, 0.717) is 36.5 Å². The average molecular weight is 677 g/mol. The number of anilines is 1. The van der Waals surface area contributed by atoms with E-state index in [4.69, 9.17) is 36.8 Å². The van der Waals surface area contributed by atoms with Gasteiger partial charge in [0, 0.05) is 48.3 Å². The molecule has 2 aliphatic carbocycles. The summed E-state index contributed by atoms with van der Waals surface area (Å²) >= 11 is 7.26. The Bertz CT molecular complexity index is 1960. The summed E-state index contributed by atoms with van der Waals surface area (Å²) in [6.45, 7) is 2.10. The number of piperidine rings is 1. The third-order valence-corrected chi connectivity index (χ3v) is 12.2. The van der Waals surface area contributed by atoms with Gasteiger partial charge in [0.25, 0.3) is 0 Å². The Labute approximate surface area is 281 Å². The summed E-state index contributed by atoms with van der Waals surface area (Å²) in [5.74, 6) is -0.455. The highest BCUT2D eigenvalue weighted by Crippen LogP contribution is 2.55. The highest BCUT2D eigenvalue weighted by molar-refractivity contribution is 6.37. The first-order chi connectivity index (χ1) is 23.2. The fourth-order valence-electron chi connectivity index (χ4n) is 9.76. The molecular formula is C36H36ClF3N6O2. The molecule has 9 rings (SSSR count). The molecule has 1 spiro atoms. The lowest BCUT2D eigenvalue weighted by Crippen LogP contribution is -2.56. The van der Waals surface area contributed by atoms with Gasteiger partial charge in [0.15, 0.2) is 11.6 Å². The SMILES string of the molecule is N#CC1=C(N)Cc2c(F)ccc(-c3c(Cl)c4c5c(nc(OC[C@@]67CCCN6C[C@H](F)C7)nc5c3F)N3CCCC[C@H]3C3(CCCC3)O4)c21. The van der Waals surface area contributed by atoms with Gasteiger partial charge in [-0.2, -0.15) is 15.2 Å². The van der Waals surface area contributed by atoms with E-state index in [1.54, 1.807) is 0 Å². The molecule has 1 saturated carbocycles. The molecular weight excluding hydrogens is 641 g/mol. The van der Waals surface area contributed by atoms with Gasteiger partial charge in [-0.15, -0.1) is 0 Å². The summed E-state index contributed by atoms with van der Waals surface area (Å²) in [7, 11) is 0. The summed E-state index contributed by atoms with van der Waals surface area (Å²) in [6.07, 6.45) is 7.74. The van der Waals surface area contributed by atoms with Crippen LogP contribution in [-0.4, -0.2) is 64.5 Å². The van der Waals surface area contributed by atoms with Crippen molar-refractivity contribution in [3.05, 3.63) is 45.6 Å². The Morgan fingerprint density at radius 2 is 1.92 bits per heavy atom. The van der Waals surface area contributed by atoms with Crippen molar-refractivity contribution in [1.29, 1.82) is 5.26 Å². The van der Waals surface area contributed by atoms with Crippen molar-refractivity contribution in [2.45, 2.75) is 94.0 Å². The molecule has 0 amide bonds. The smallest absolute Gasteiger partial charge is 0.319 e. The van der Waals surface area contributed by atoms with Gasteiger partial charge in [0.05, 0.1) is 27.6 Å². The number of ether oxygens (including phenoxy) is 2. The molecule has 2 aromatic carbocycles. The molecule has 1 aromatic heterocycles. The number of fused-ring (bicyclic) bond motifs is 5. The number of hydrogen-bond acceptors (Lipinski definition) is 8. The monoisotopic (exact) mass is 676 g/mol. The lowest BCUT2D eigenvalue weighted by molar-refractivity contribution is 0.0405. The fraction of sp³-hybridized carbons (Fsp3) is 0.528. The van der Waals surface area contributed by atoms with Crippen LogP contribution in [0.1, 0.15) is 75.3 Å². The molecule has 0 bridgehead atoms. The second-order valence-electron chi connectivity index (χ2n) is 14.5. The number of halogens is 4. The minimum Gasteiger partial charge on any atom is -0.483 e. The molecule has 3 saturated heterocycles. The van der Waals surface area contributed by atoms with Gasteiger partial charge in [0.2, 0.25) is 0 Å². The number of allylic oxidation sites excluding steroid dienone is 2. The Hall–Kier alpha value is -3.75. The highest BCUT2D eigenvalue weighted by Gasteiger charge is 2.52. The van der Waals surface area contributed by atoms with Gasteiger partial charge in [-0.3, -0.25) is 4.90 Å². The molecule has 250 valence electrons. The zero-order chi connectivity index (χ0) is 32.9. The van der Waals surface area contributed by atoms with Crippen LogP contribution in [0.25, 0.3) is 27.6 Å². The summed E-state index contributed by atoms with van der Waals surface area (Å²) in [5.41, 5.74) is 6.16. The molecule has 3 aromatic rings. The lowest BCUT2D eigenvalue weighted by atomic mass is 9.85. The van der Waals surface area contributed by atoms with E-state index in [1.807, 2.05) is 0 Å². The van der Waals surface area contributed by atoms with E-state index < -0.39 is 28.9 Å². The van der Waals surface area contributed by atoms with Crippen LogP contribution in [0.2, 0.25) is 5.02 Å². The molecule has 4 fully saturated rings. The average Bonchev–Trinajstić information content (AvgIpc) is 3.84. The van der Waals surface area contributed by atoms with Crippen LogP contribution in [0.15, 0.2) is 17.8 Å². The van der Waals surface area contributed by atoms with Gasteiger partial charge >= 0.3 is 6.01 Å². The van der Waals surface area contributed by atoms with Crippen LogP contribution in [0, 0.1) is 23.0 Å². The van der Waals surface area contributed by atoms with Crippen molar-refractivity contribution >= 4 is 33.9 Å². The van der Waals surface area contributed by atoms with Gasteiger partial charge in [-0.25, -0.2) is 13.2 Å². The van der Waals surface area contributed by atoms with E-state index in [-0.39, 0.29) is 69.1 Å². The molecule has 4 aliphatic heterocycles. The van der Waals surface area contributed by atoms with Crippen LogP contribution in [0.5, 0.6) is 11.8 Å². The number of hydrogen-bond donors (Lipinski definition) is 1. The van der Waals surface area contributed by atoms with E-state index in [9.17, 15) is 9.65 Å². The van der Waals surface area contributed by atoms with Crippen molar-refractivity contribution in [1.82, 2.24) is 14.9 Å². The van der Waals surface area contributed by atoms with Gasteiger partial charge in [-0.05, 0) is 76.0 Å². The quantitative estimate of drug-likeness (QED) is 0.316. The number of alkyl halides is 1. The van der Waals surface area contributed by atoms with Crippen molar-refractivity contribution in [3.8, 4) is 29.0 Å². The molecule has 8 nitrogen and oxygen atoms in total. The van der Waals surface area contributed by atoms with Crippen LogP contribution in [0.3, 0.4) is 0 Å². The normalized spacial score (nSPS) is 27.2. The first kappa shape index (κ1) is 30.3. The van der Waals surface area contributed by atoms with Crippen molar-refractivity contribution < 1.29 is 22.6 Å². The molecule has 6 aliphatic rings. The standard InChI is InChI=1S/C36H36ClF3N6O2/c37-29-27(20-7-8-23(39)21-14-24(42)22(16-41)26(20)21)30(40)31-28-32(29)48-36(10-2-3-11-36)25-6-1-4-13-46(25)33(28)44-34(43-31)47-18-35-9-5-12-45(35)17-19(38)15-35/h7-8,19,25H,1-6,9-15,17-18,42H2/t19-,25+,35+/m1/s1. The summed E-state index contributed by atoms with van der Waals surface area (Å²) < 4.78 is 60.5. The second-order valence-corrected chi connectivity index (χ2v) is 14.8. The highest BCUT2D eigenvalue weighted by atomic mass is 35.5. The Morgan fingerprint density at radius 1 is 1.08 bits per heavy atom. The largest absolute Gasteiger partial charge is 0.483 e. The van der Waals surface area contributed by atoms with E-state index >= 15 is 8.78 Å². The molecule has 48 heavy (non-hydrogen) atoms. The lowest BCUT2D eigenvalue weighted by Gasteiger charge is -2.45. The molecule has 0 radical (unpaired) electrons. The van der Waals surface area contributed by atoms with Crippen molar-refractivity contribution in [2.24, 2.45) is 5.73 Å². The molecule has 5 heterocycles. The van der Waals surface area contributed by atoms with Crippen LogP contribution in [-0.2, 0) is 6.42 Å². The fourth-order valence-corrected chi connectivity index (χ4v) is 10.1. The zero-order valence-electron chi connectivity index (χ0n) is 26.6. The first-order valence-electron chi connectivity index (χ1n) is 17.1. The van der Waals surface area contributed by atoms with Crippen LogP contribution in [0.4, 0.5) is 19.0 Å². The number of nitrogens with zero attached hydrogens (tertiary/aromatic N) is 5. The maximum absolute atomic E-state index is 17.4. The molecule has 0 unspecified atom stereocenters. The topological polar surface area (TPSA) is 101 Å². The Balaban J connectivity index is 1.28. The van der Waals surface area contributed by atoms with Crippen LogP contribution >= 0.6 is 11.6 Å². The maximum atomic E-state index is 17.4. The third kappa shape index (κ3) is 4.24. The zero-order valence-corrected chi connectivity index (χ0v) is 27.3. The van der Waals surface area contributed by atoms with Crippen molar-refractivity contribution in [3.63, 3.8) is 0 Å². The molecule has 3 atom stereocenters. The maximum Gasteiger partial charge on any atom is 0.319 e. The van der Waals surface area contributed by atoms with Crippen molar-refractivity contribution in [2.75, 3.05) is 31.1 Å². The summed E-state index contributed by atoms with van der Waals surface area (Å²) in [6, 6.07) is 4.80. The number of nitriles is 1. The number of nitrogens with two attached hydrogens (primary N) is 1.